The van der Waals surface area contributed by atoms with Crippen molar-refractivity contribution < 1.29 is 8.42 Å². The van der Waals surface area contributed by atoms with E-state index in [0.717, 1.165) is 5.39 Å². The number of anilines is 2. The van der Waals surface area contributed by atoms with E-state index in [4.69, 9.17) is 5.73 Å². The highest BCUT2D eigenvalue weighted by Gasteiger charge is 2.07. The van der Waals surface area contributed by atoms with Gasteiger partial charge >= 0.3 is 0 Å². The van der Waals surface area contributed by atoms with Gasteiger partial charge in [0.15, 0.2) is 0 Å². The largest absolute Gasteiger partial charge is 0.368 e. The summed E-state index contributed by atoms with van der Waals surface area (Å²) in [5.41, 5.74) is 6.62. The number of sulfonamides is 1. The first-order valence-electron chi connectivity index (χ1n) is 5.03. The molecule has 7 heteroatoms. The normalized spacial score (nSPS) is 11.6. The smallest absolute Gasteiger partial charge is 0.232 e. The minimum Gasteiger partial charge on any atom is -0.368 e. The monoisotopic (exact) mass is 252 g/mol. The Bertz CT molecular complexity index is 654. The molecule has 2 rings (SSSR count). The molecule has 3 N–H and O–H groups in total. The number of nitrogens with zero attached hydrogens (tertiary/aromatic N) is 2. The van der Waals surface area contributed by atoms with E-state index in [0.29, 0.717) is 11.2 Å². The number of fused-ring (bicyclic) bond motifs is 1. The summed E-state index contributed by atoms with van der Waals surface area (Å²) in [6, 6.07) is 5.00. The van der Waals surface area contributed by atoms with Crippen LogP contribution in [0.15, 0.2) is 24.4 Å². The average molecular weight is 252 g/mol. The lowest BCUT2D eigenvalue weighted by Crippen LogP contribution is -2.14. The van der Waals surface area contributed by atoms with Crippen molar-refractivity contribution in [1.82, 2.24) is 9.97 Å². The van der Waals surface area contributed by atoms with E-state index in [1.54, 1.807) is 31.3 Å². The number of hydrogen-bond acceptors (Lipinski definition) is 5. The van der Waals surface area contributed by atoms with Crippen LogP contribution in [0.5, 0.6) is 0 Å². The van der Waals surface area contributed by atoms with Crippen LogP contribution in [0.1, 0.15) is 6.92 Å². The molecule has 1 aromatic carbocycles. The zero-order valence-corrected chi connectivity index (χ0v) is 10.0. The van der Waals surface area contributed by atoms with Crippen molar-refractivity contribution >= 4 is 32.6 Å². The fourth-order valence-electron chi connectivity index (χ4n) is 1.36. The van der Waals surface area contributed by atoms with Crippen molar-refractivity contribution in [2.24, 2.45) is 0 Å². The molecule has 0 unspecified atom stereocenters. The molecule has 0 aliphatic carbocycles. The van der Waals surface area contributed by atoms with Gasteiger partial charge in [-0.1, -0.05) is 0 Å². The molecule has 1 heterocycles. The lowest BCUT2D eigenvalue weighted by molar-refractivity contribution is 0.602. The third-order valence-electron chi connectivity index (χ3n) is 2.25. The van der Waals surface area contributed by atoms with Gasteiger partial charge in [-0.3, -0.25) is 4.72 Å². The molecule has 0 saturated carbocycles. The summed E-state index contributed by atoms with van der Waals surface area (Å²) in [5, 5.41) is 0.732. The Hall–Kier alpha value is -1.89. The van der Waals surface area contributed by atoms with Crippen molar-refractivity contribution in [3.63, 3.8) is 0 Å². The molecule has 90 valence electrons. The van der Waals surface area contributed by atoms with Gasteiger partial charge in [0.05, 0.1) is 11.3 Å². The molecule has 2 aromatic rings. The lowest BCUT2D eigenvalue weighted by Gasteiger charge is -2.06. The molecule has 0 fully saturated rings. The Morgan fingerprint density at radius 1 is 1.41 bits per heavy atom. The van der Waals surface area contributed by atoms with Crippen LogP contribution >= 0.6 is 0 Å². The van der Waals surface area contributed by atoms with Crippen LogP contribution < -0.4 is 10.5 Å². The van der Waals surface area contributed by atoms with Crippen LogP contribution in [0.3, 0.4) is 0 Å². The molecule has 17 heavy (non-hydrogen) atoms. The molecule has 6 nitrogen and oxygen atoms in total. The minimum atomic E-state index is -3.26. The number of benzene rings is 1. The van der Waals surface area contributed by atoms with Crippen LogP contribution in [0.4, 0.5) is 11.6 Å². The summed E-state index contributed by atoms with van der Waals surface area (Å²) in [6.45, 7) is 1.58. The van der Waals surface area contributed by atoms with Crippen molar-refractivity contribution in [1.29, 1.82) is 0 Å². The van der Waals surface area contributed by atoms with E-state index in [9.17, 15) is 8.42 Å². The summed E-state index contributed by atoms with van der Waals surface area (Å²) < 4.78 is 25.3. The maximum Gasteiger partial charge on any atom is 0.232 e. The van der Waals surface area contributed by atoms with Crippen LogP contribution in [0.25, 0.3) is 10.9 Å². The Labute approximate surface area is 98.9 Å². The van der Waals surface area contributed by atoms with Gasteiger partial charge in [0.1, 0.15) is 0 Å². The summed E-state index contributed by atoms with van der Waals surface area (Å²) in [5.74, 6) is 0.225. The van der Waals surface area contributed by atoms with Crippen molar-refractivity contribution in [2.75, 3.05) is 16.2 Å². The number of aromatic nitrogens is 2. The SMILES string of the molecule is CCS(=O)(=O)Nc1ccc2nc(N)ncc2c1. The summed E-state index contributed by atoms with van der Waals surface area (Å²) >= 11 is 0. The van der Waals surface area contributed by atoms with Crippen molar-refractivity contribution in [2.45, 2.75) is 6.92 Å². The van der Waals surface area contributed by atoms with Crippen molar-refractivity contribution in [3.05, 3.63) is 24.4 Å². The van der Waals surface area contributed by atoms with E-state index < -0.39 is 10.0 Å². The van der Waals surface area contributed by atoms with Gasteiger partial charge in [0, 0.05) is 17.3 Å². The van der Waals surface area contributed by atoms with Crippen LogP contribution in [-0.4, -0.2) is 24.1 Å². The summed E-state index contributed by atoms with van der Waals surface area (Å²) in [4.78, 5) is 7.88. The van der Waals surface area contributed by atoms with Crippen molar-refractivity contribution in [3.8, 4) is 0 Å². The molecule has 0 saturated heterocycles. The first kappa shape index (κ1) is 11.6. The third kappa shape index (κ3) is 2.62. The highest BCUT2D eigenvalue weighted by Crippen LogP contribution is 2.18. The first-order valence-corrected chi connectivity index (χ1v) is 6.68. The average Bonchev–Trinajstić information content (AvgIpc) is 2.29. The summed E-state index contributed by atoms with van der Waals surface area (Å²) in [7, 11) is -3.26. The molecule has 1 aromatic heterocycles. The van der Waals surface area contributed by atoms with E-state index >= 15 is 0 Å². The first-order chi connectivity index (χ1) is 8.00. The van der Waals surface area contributed by atoms with Gasteiger partial charge in [-0.2, -0.15) is 0 Å². The fraction of sp³-hybridized carbons (Fsp3) is 0.200. The molecule has 0 aliphatic rings. The topological polar surface area (TPSA) is 98.0 Å². The highest BCUT2D eigenvalue weighted by molar-refractivity contribution is 7.92. The maximum absolute atomic E-state index is 11.4. The predicted octanol–water partition coefficient (Wildman–Crippen LogP) is 0.974. The maximum atomic E-state index is 11.4. The number of rotatable bonds is 3. The molecule has 0 spiro atoms. The number of nitrogens with two attached hydrogens (primary N) is 1. The fourth-order valence-corrected chi connectivity index (χ4v) is 1.99. The molecular weight excluding hydrogens is 240 g/mol. The molecule has 0 atom stereocenters. The predicted molar refractivity (Wildman–Crippen MR) is 67.0 cm³/mol. The van der Waals surface area contributed by atoms with E-state index in [1.807, 2.05) is 0 Å². The van der Waals surface area contributed by atoms with E-state index in [1.165, 1.54) is 0 Å². The number of nitrogens with one attached hydrogen (secondary N) is 1. The molecule has 0 bridgehead atoms. The zero-order chi connectivity index (χ0) is 12.5. The Kier molecular flexibility index (Phi) is 2.84. The molecule has 0 amide bonds. The third-order valence-corrected chi connectivity index (χ3v) is 3.56. The second-order valence-corrected chi connectivity index (χ2v) is 5.52. The van der Waals surface area contributed by atoms with Crippen LogP contribution in [-0.2, 0) is 10.0 Å². The molecule has 0 aliphatic heterocycles. The number of nitrogen functional groups attached to an aromatic ring is 1. The number of hydrogen-bond donors (Lipinski definition) is 2. The Morgan fingerprint density at radius 3 is 2.88 bits per heavy atom. The van der Waals surface area contributed by atoms with Gasteiger partial charge in [0.2, 0.25) is 16.0 Å². The van der Waals surface area contributed by atoms with Gasteiger partial charge in [0.25, 0.3) is 0 Å². The second-order valence-electron chi connectivity index (χ2n) is 3.51. The summed E-state index contributed by atoms with van der Waals surface area (Å²) in [6.07, 6.45) is 1.56. The minimum absolute atomic E-state index is 0.0310. The quantitative estimate of drug-likeness (QED) is 0.848. The zero-order valence-electron chi connectivity index (χ0n) is 9.21. The highest BCUT2D eigenvalue weighted by atomic mass is 32.2. The van der Waals surface area contributed by atoms with Gasteiger partial charge in [-0.25, -0.2) is 18.4 Å². The van der Waals surface area contributed by atoms with E-state index in [2.05, 4.69) is 14.7 Å². The standard InChI is InChI=1S/C10H12N4O2S/c1-2-17(15,16)14-8-3-4-9-7(5-8)6-12-10(11)13-9/h3-6,14H,2H2,1H3,(H2,11,12,13). The van der Waals surface area contributed by atoms with Crippen LogP contribution in [0, 0.1) is 0 Å². The van der Waals surface area contributed by atoms with Crippen LogP contribution in [0.2, 0.25) is 0 Å². The van der Waals surface area contributed by atoms with Gasteiger partial charge < -0.3 is 5.73 Å². The Balaban J connectivity index is 2.42. The lowest BCUT2D eigenvalue weighted by atomic mass is 10.2. The molecule has 0 radical (unpaired) electrons. The Morgan fingerprint density at radius 2 is 2.18 bits per heavy atom. The van der Waals surface area contributed by atoms with E-state index in [-0.39, 0.29) is 11.7 Å². The van der Waals surface area contributed by atoms with Gasteiger partial charge in [-0.05, 0) is 25.1 Å². The second kappa shape index (κ2) is 4.17. The molecular formula is C10H12N4O2S. The van der Waals surface area contributed by atoms with Gasteiger partial charge in [-0.15, -0.1) is 0 Å².